The predicted octanol–water partition coefficient (Wildman–Crippen LogP) is 3.94. The Bertz CT molecular complexity index is 765. The normalized spacial score (nSPS) is 15.9. The van der Waals surface area contributed by atoms with Gasteiger partial charge in [0.1, 0.15) is 5.82 Å². The number of sulfonamides is 1. The average Bonchev–Trinajstić information content (AvgIpc) is 2.58. The molecule has 0 unspecified atom stereocenters. The number of aromatic nitrogens is 1. The van der Waals surface area contributed by atoms with Crippen molar-refractivity contribution in [3.8, 4) is 0 Å². The molecular weight excluding hydrogens is 322 g/mol. The summed E-state index contributed by atoms with van der Waals surface area (Å²) in [6.45, 7) is 1.92. The van der Waals surface area contributed by atoms with Crippen molar-refractivity contribution in [3.63, 3.8) is 0 Å². The number of anilines is 2. The molecule has 3 rings (SSSR count). The number of pyridine rings is 1. The Kier molecular flexibility index (Phi) is 5.04. The molecule has 0 bridgehead atoms. The van der Waals surface area contributed by atoms with E-state index in [2.05, 4.69) is 15.0 Å². The Morgan fingerprint density at radius 1 is 1.00 bits per heavy atom. The molecule has 0 amide bonds. The van der Waals surface area contributed by atoms with E-state index in [0.717, 1.165) is 11.3 Å². The number of aryl methyl sites for hydroxylation is 1. The third kappa shape index (κ3) is 4.26. The lowest BCUT2D eigenvalue weighted by Gasteiger charge is -2.23. The summed E-state index contributed by atoms with van der Waals surface area (Å²) in [5.74, 6) is 0.324. The first-order valence-corrected chi connectivity index (χ1v) is 9.83. The molecule has 0 spiro atoms. The van der Waals surface area contributed by atoms with E-state index < -0.39 is 10.0 Å². The Labute approximate surface area is 143 Å². The van der Waals surface area contributed by atoms with Gasteiger partial charge in [0, 0.05) is 6.04 Å². The van der Waals surface area contributed by atoms with Crippen LogP contribution in [0.25, 0.3) is 0 Å². The second-order valence-corrected chi connectivity index (χ2v) is 8.01. The van der Waals surface area contributed by atoms with Crippen molar-refractivity contribution in [2.75, 3.05) is 10.0 Å². The maximum Gasteiger partial charge on any atom is 0.263 e. The van der Waals surface area contributed by atoms with Gasteiger partial charge in [0.2, 0.25) is 0 Å². The highest BCUT2D eigenvalue weighted by atomic mass is 32.2. The van der Waals surface area contributed by atoms with Gasteiger partial charge in [-0.1, -0.05) is 37.0 Å². The second-order valence-electron chi connectivity index (χ2n) is 6.33. The molecule has 1 saturated carbocycles. The first-order valence-electron chi connectivity index (χ1n) is 8.35. The lowest BCUT2D eigenvalue weighted by Crippen LogP contribution is -2.22. The maximum atomic E-state index is 12.3. The Hall–Kier alpha value is -2.08. The van der Waals surface area contributed by atoms with Crippen LogP contribution in [0.5, 0.6) is 0 Å². The van der Waals surface area contributed by atoms with E-state index in [1.807, 2.05) is 13.0 Å². The van der Waals surface area contributed by atoms with Crippen molar-refractivity contribution >= 4 is 21.5 Å². The lowest BCUT2D eigenvalue weighted by molar-refractivity contribution is 0.462. The molecule has 0 radical (unpaired) electrons. The molecule has 1 heterocycles. The van der Waals surface area contributed by atoms with Gasteiger partial charge in [-0.2, -0.15) is 0 Å². The van der Waals surface area contributed by atoms with E-state index in [1.54, 1.807) is 36.5 Å². The quantitative estimate of drug-likeness (QED) is 0.861. The van der Waals surface area contributed by atoms with E-state index in [4.69, 9.17) is 0 Å². The second kappa shape index (κ2) is 7.21. The van der Waals surface area contributed by atoms with Crippen LogP contribution < -0.4 is 10.0 Å². The molecule has 6 heteroatoms. The minimum Gasteiger partial charge on any atom is -0.381 e. The van der Waals surface area contributed by atoms with Crippen LogP contribution in [-0.4, -0.2) is 19.4 Å². The van der Waals surface area contributed by atoms with Crippen LogP contribution >= 0.6 is 0 Å². The summed E-state index contributed by atoms with van der Waals surface area (Å²) >= 11 is 0. The van der Waals surface area contributed by atoms with Crippen molar-refractivity contribution in [2.45, 2.75) is 50.0 Å². The van der Waals surface area contributed by atoms with Crippen molar-refractivity contribution in [2.24, 2.45) is 0 Å². The Balaban J connectivity index is 1.66. The van der Waals surface area contributed by atoms with Crippen LogP contribution in [0.3, 0.4) is 0 Å². The molecule has 1 aliphatic carbocycles. The standard InChI is InChI=1S/C18H23N3O2S/c1-14-7-10-17(11-8-14)24(22,23)21-18-12-9-16(13-19-18)20-15-5-3-2-4-6-15/h7-13,15,20H,2-6H2,1H3,(H,19,21). The fourth-order valence-electron chi connectivity index (χ4n) is 2.94. The molecule has 0 aliphatic heterocycles. The van der Waals surface area contributed by atoms with Crippen LogP contribution in [0.15, 0.2) is 47.5 Å². The zero-order valence-corrected chi connectivity index (χ0v) is 14.6. The predicted molar refractivity (Wildman–Crippen MR) is 96.7 cm³/mol. The molecule has 1 fully saturated rings. The van der Waals surface area contributed by atoms with Crippen molar-refractivity contribution in [3.05, 3.63) is 48.2 Å². The number of benzene rings is 1. The number of hydrogen-bond donors (Lipinski definition) is 2. The molecule has 1 aliphatic rings. The third-order valence-corrected chi connectivity index (χ3v) is 5.68. The van der Waals surface area contributed by atoms with Crippen LogP contribution in [0.2, 0.25) is 0 Å². The summed E-state index contributed by atoms with van der Waals surface area (Å²) in [5.41, 5.74) is 1.95. The largest absolute Gasteiger partial charge is 0.381 e. The lowest BCUT2D eigenvalue weighted by atomic mass is 9.95. The molecule has 0 saturated heterocycles. The molecule has 0 atom stereocenters. The van der Waals surface area contributed by atoms with E-state index in [0.29, 0.717) is 11.9 Å². The fraction of sp³-hybridized carbons (Fsp3) is 0.389. The first kappa shape index (κ1) is 16.8. The number of nitrogens with zero attached hydrogens (tertiary/aromatic N) is 1. The topological polar surface area (TPSA) is 71.1 Å². The molecular formula is C18H23N3O2S. The molecule has 24 heavy (non-hydrogen) atoms. The molecule has 5 nitrogen and oxygen atoms in total. The van der Waals surface area contributed by atoms with Crippen molar-refractivity contribution in [1.82, 2.24) is 4.98 Å². The summed E-state index contributed by atoms with van der Waals surface area (Å²) in [7, 11) is -3.60. The van der Waals surface area contributed by atoms with Crippen molar-refractivity contribution in [1.29, 1.82) is 0 Å². The first-order chi connectivity index (χ1) is 11.5. The summed E-state index contributed by atoms with van der Waals surface area (Å²) in [4.78, 5) is 4.46. The summed E-state index contributed by atoms with van der Waals surface area (Å²) in [6.07, 6.45) is 7.89. The third-order valence-electron chi connectivity index (χ3n) is 4.31. The van der Waals surface area contributed by atoms with E-state index in [-0.39, 0.29) is 4.90 Å². The van der Waals surface area contributed by atoms with Crippen molar-refractivity contribution < 1.29 is 8.42 Å². The monoisotopic (exact) mass is 345 g/mol. The van der Waals surface area contributed by atoms with Crippen LogP contribution in [0.4, 0.5) is 11.5 Å². The SMILES string of the molecule is Cc1ccc(S(=O)(=O)Nc2ccc(NC3CCCCC3)cn2)cc1. The number of rotatable bonds is 5. The molecule has 2 N–H and O–H groups in total. The highest BCUT2D eigenvalue weighted by Crippen LogP contribution is 2.22. The zero-order chi connectivity index (χ0) is 17.0. The van der Waals surface area contributed by atoms with E-state index in [9.17, 15) is 8.42 Å². The van der Waals surface area contributed by atoms with E-state index >= 15 is 0 Å². The Morgan fingerprint density at radius 2 is 1.71 bits per heavy atom. The Morgan fingerprint density at radius 3 is 2.33 bits per heavy atom. The maximum absolute atomic E-state index is 12.3. The van der Waals surface area contributed by atoms with Gasteiger partial charge in [0.25, 0.3) is 10.0 Å². The van der Waals surface area contributed by atoms with Gasteiger partial charge in [0.15, 0.2) is 0 Å². The summed E-state index contributed by atoms with van der Waals surface area (Å²) < 4.78 is 27.2. The number of nitrogens with one attached hydrogen (secondary N) is 2. The van der Waals surface area contributed by atoms with E-state index in [1.165, 1.54) is 32.1 Å². The highest BCUT2D eigenvalue weighted by molar-refractivity contribution is 7.92. The highest BCUT2D eigenvalue weighted by Gasteiger charge is 2.15. The van der Waals surface area contributed by atoms with Gasteiger partial charge in [-0.3, -0.25) is 4.72 Å². The summed E-state index contributed by atoms with van der Waals surface area (Å²) in [5, 5.41) is 3.47. The molecule has 1 aromatic heterocycles. The van der Waals surface area contributed by atoms with Crippen LogP contribution in [0.1, 0.15) is 37.7 Å². The fourth-order valence-corrected chi connectivity index (χ4v) is 3.94. The minimum atomic E-state index is -3.60. The van der Waals surface area contributed by atoms with Gasteiger partial charge < -0.3 is 5.32 Å². The zero-order valence-electron chi connectivity index (χ0n) is 13.8. The minimum absolute atomic E-state index is 0.235. The smallest absolute Gasteiger partial charge is 0.263 e. The summed E-state index contributed by atoms with van der Waals surface area (Å²) in [6, 6.07) is 10.8. The number of hydrogen-bond acceptors (Lipinski definition) is 4. The van der Waals surface area contributed by atoms with Gasteiger partial charge >= 0.3 is 0 Å². The van der Waals surface area contributed by atoms with Gasteiger partial charge in [-0.25, -0.2) is 13.4 Å². The van der Waals surface area contributed by atoms with Crippen LogP contribution in [0, 0.1) is 6.92 Å². The van der Waals surface area contributed by atoms with Gasteiger partial charge in [-0.05, 0) is 44.0 Å². The molecule has 128 valence electrons. The molecule has 2 aromatic rings. The average molecular weight is 345 g/mol. The molecule has 1 aromatic carbocycles. The van der Waals surface area contributed by atoms with Gasteiger partial charge in [0.05, 0.1) is 16.8 Å². The van der Waals surface area contributed by atoms with Crippen LogP contribution in [-0.2, 0) is 10.0 Å². The van der Waals surface area contributed by atoms with Gasteiger partial charge in [-0.15, -0.1) is 0 Å².